The van der Waals surface area contributed by atoms with Gasteiger partial charge in [0.25, 0.3) is 0 Å². The highest BCUT2D eigenvalue weighted by atomic mass is 16.5. The van der Waals surface area contributed by atoms with Gasteiger partial charge in [-0.05, 0) is 45.0 Å². The lowest BCUT2D eigenvalue weighted by atomic mass is 10.1. The molecule has 0 saturated carbocycles. The van der Waals surface area contributed by atoms with Crippen molar-refractivity contribution in [2.45, 2.75) is 19.9 Å². The predicted molar refractivity (Wildman–Crippen MR) is 70.4 cm³/mol. The van der Waals surface area contributed by atoms with Crippen LogP contribution in [0, 0.1) is 12.8 Å². The zero-order chi connectivity index (χ0) is 12.1. The molecule has 1 aliphatic heterocycles. The Balaban J connectivity index is 1.86. The van der Waals surface area contributed by atoms with Crippen LogP contribution < -0.4 is 15.4 Å². The zero-order valence-electron chi connectivity index (χ0n) is 10.8. The molecule has 2 N–H and O–H groups in total. The maximum atomic E-state index is 5.37. The van der Waals surface area contributed by atoms with Crippen LogP contribution in [0.3, 0.4) is 0 Å². The molecule has 2 rings (SSSR count). The van der Waals surface area contributed by atoms with Gasteiger partial charge in [-0.2, -0.15) is 0 Å². The van der Waals surface area contributed by atoms with Crippen LogP contribution in [0.2, 0.25) is 0 Å². The van der Waals surface area contributed by atoms with Crippen LogP contribution in [-0.4, -0.2) is 26.7 Å². The standard InChI is InChI=1S/C14H22N2O/c1-11-3-4-14(17-2)13(7-11)10-16-9-12-5-6-15-8-12/h3-4,7,12,15-16H,5-6,8-10H2,1-2H3. The SMILES string of the molecule is COc1ccc(C)cc1CNCC1CCNC1. The quantitative estimate of drug-likeness (QED) is 0.813. The van der Waals surface area contributed by atoms with Crippen molar-refractivity contribution in [3.8, 4) is 5.75 Å². The molecule has 0 spiro atoms. The summed E-state index contributed by atoms with van der Waals surface area (Å²) in [5, 5.41) is 6.91. The van der Waals surface area contributed by atoms with Gasteiger partial charge in [0.1, 0.15) is 5.75 Å². The fourth-order valence-corrected chi connectivity index (χ4v) is 2.35. The lowest BCUT2D eigenvalue weighted by molar-refractivity contribution is 0.406. The van der Waals surface area contributed by atoms with Crippen LogP contribution in [-0.2, 0) is 6.54 Å². The zero-order valence-corrected chi connectivity index (χ0v) is 10.8. The molecule has 0 amide bonds. The van der Waals surface area contributed by atoms with E-state index in [4.69, 9.17) is 4.74 Å². The lowest BCUT2D eigenvalue weighted by Crippen LogP contribution is -2.24. The Hall–Kier alpha value is -1.06. The fourth-order valence-electron chi connectivity index (χ4n) is 2.35. The second-order valence-electron chi connectivity index (χ2n) is 4.81. The summed E-state index contributed by atoms with van der Waals surface area (Å²) in [5.74, 6) is 1.76. The molecule has 0 aliphatic carbocycles. The summed E-state index contributed by atoms with van der Waals surface area (Å²) in [4.78, 5) is 0. The molecule has 17 heavy (non-hydrogen) atoms. The number of aryl methyl sites for hydroxylation is 1. The molecule has 1 atom stereocenters. The van der Waals surface area contributed by atoms with Gasteiger partial charge in [0.15, 0.2) is 0 Å². The number of methoxy groups -OCH3 is 1. The summed E-state index contributed by atoms with van der Waals surface area (Å²) in [6, 6.07) is 6.32. The fraction of sp³-hybridized carbons (Fsp3) is 0.571. The first kappa shape index (κ1) is 12.4. The van der Waals surface area contributed by atoms with Gasteiger partial charge in [0, 0.05) is 12.1 Å². The molecule has 1 saturated heterocycles. The van der Waals surface area contributed by atoms with E-state index in [1.165, 1.54) is 24.1 Å². The molecule has 0 radical (unpaired) electrons. The highest BCUT2D eigenvalue weighted by Gasteiger charge is 2.13. The number of rotatable bonds is 5. The first-order valence-electron chi connectivity index (χ1n) is 6.34. The van der Waals surface area contributed by atoms with Gasteiger partial charge >= 0.3 is 0 Å². The smallest absolute Gasteiger partial charge is 0.123 e. The number of hydrogen-bond acceptors (Lipinski definition) is 3. The molecule has 1 fully saturated rings. The molecular weight excluding hydrogens is 212 g/mol. The minimum atomic E-state index is 0.783. The Morgan fingerprint density at radius 3 is 3.06 bits per heavy atom. The largest absolute Gasteiger partial charge is 0.496 e. The third kappa shape index (κ3) is 3.45. The van der Waals surface area contributed by atoms with Crippen molar-refractivity contribution in [2.24, 2.45) is 5.92 Å². The minimum absolute atomic E-state index is 0.783. The minimum Gasteiger partial charge on any atom is -0.496 e. The van der Waals surface area contributed by atoms with E-state index in [0.717, 1.165) is 31.3 Å². The van der Waals surface area contributed by atoms with Crippen LogP contribution in [0.5, 0.6) is 5.75 Å². The number of benzene rings is 1. The monoisotopic (exact) mass is 234 g/mol. The van der Waals surface area contributed by atoms with Crippen molar-refractivity contribution in [1.82, 2.24) is 10.6 Å². The Labute approximate surface area is 104 Å². The Morgan fingerprint density at radius 1 is 1.47 bits per heavy atom. The molecule has 1 unspecified atom stereocenters. The van der Waals surface area contributed by atoms with Crippen LogP contribution >= 0.6 is 0 Å². The van der Waals surface area contributed by atoms with Crippen molar-refractivity contribution in [3.05, 3.63) is 29.3 Å². The van der Waals surface area contributed by atoms with E-state index >= 15 is 0 Å². The average Bonchev–Trinajstić information content (AvgIpc) is 2.82. The van der Waals surface area contributed by atoms with Gasteiger partial charge < -0.3 is 15.4 Å². The summed E-state index contributed by atoms with van der Waals surface area (Å²) in [5.41, 5.74) is 2.53. The van der Waals surface area contributed by atoms with Crippen molar-refractivity contribution in [3.63, 3.8) is 0 Å². The van der Waals surface area contributed by atoms with E-state index in [0.29, 0.717) is 0 Å². The van der Waals surface area contributed by atoms with E-state index < -0.39 is 0 Å². The molecule has 3 heteroatoms. The molecule has 3 nitrogen and oxygen atoms in total. The topological polar surface area (TPSA) is 33.3 Å². The summed E-state index contributed by atoms with van der Waals surface area (Å²) >= 11 is 0. The van der Waals surface area contributed by atoms with E-state index in [-0.39, 0.29) is 0 Å². The third-order valence-corrected chi connectivity index (χ3v) is 3.35. The molecule has 1 aromatic rings. The molecule has 0 bridgehead atoms. The first-order chi connectivity index (χ1) is 8.29. The maximum Gasteiger partial charge on any atom is 0.123 e. The lowest BCUT2D eigenvalue weighted by Gasteiger charge is -2.13. The van der Waals surface area contributed by atoms with E-state index in [1.807, 2.05) is 6.07 Å². The average molecular weight is 234 g/mol. The number of nitrogens with one attached hydrogen (secondary N) is 2. The van der Waals surface area contributed by atoms with Crippen LogP contribution in [0.25, 0.3) is 0 Å². The third-order valence-electron chi connectivity index (χ3n) is 3.35. The number of ether oxygens (including phenoxy) is 1. The van der Waals surface area contributed by atoms with Gasteiger partial charge in [0.05, 0.1) is 7.11 Å². The summed E-state index contributed by atoms with van der Waals surface area (Å²) in [6.45, 7) is 6.41. The number of hydrogen-bond donors (Lipinski definition) is 2. The van der Waals surface area contributed by atoms with Gasteiger partial charge in [-0.15, -0.1) is 0 Å². The van der Waals surface area contributed by atoms with E-state index in [9.17, 15) is 0 Å². The van der Waals surface area contributed by atoms with Gasteiger partial charge in [-0.3, -0.25) is 0 Å². The molecule has 94 valence electrons. The molecule has 1 aromatic carbocycles. The molecule has 1 heterocycles. The van der Waals surface area contributed by atoms with Gasteiger partial charge in [-0.1, -0.05) is 17.7 Å². The summed E-state index contributed by atoms with van der Waals surface area (Å²) < 4.78 is 5.37. The van der Waals surface area contributed by atoms with E-state index in [2.05, 4.69) is 29.7 Å². The van der Waals surface area contributed by atoms with Crippen molar-refractivity contribution in [2.75, 3.05) is 26.7 Å². The summed E-state index contributed by atoms with van der Waals surface area (Å²) in [6.07, 6.45) is 1.29. The second kappa shape index (κ2) is 6.03. The Bertz CT molecular complexity index is 359. The molecule has 1 aliphatic rings. The van der Waals surface area contributed by atoms with E-state index in [1.54, 1.807) is 7.11 Å². The Morgan fingerprint density at radius 2 is 2.35 bits per heavy atom. The van der Waals surface area contributed by atoms with Crippen LogP contribution in [0.4, 0.5) is 0 Å². The highest BCUT2D eigenvalue weighted by Crippen LogP contribution is 2.19. The predicted octanol–water partition coefficient (Wildman–Crippen LogP) is 1.70. The maximum absolute atomic E-state index is 5.37. The molecular formula is C14H22N2O. The Kier molecular flexibility index (Phi) is 4.40. The second-order valence-corrected chi connectivity index (χ2v) is 4.81. The first-order valence-corrected chi connectivity index (χ1v) is 6.34. The highest BCUT2D eigenvalue weighted by molar-refractivity contribution is 5.36. The molecule has 0 aromatic heterocycles. The van der Waals surface area contributed by atoms with Crippen molar-refractivity contribution in [1.29, 1.82) is 0 Å². The van der Waals surface area contributed by atoms with Crippen LogP contribution in [0.15, 0.2) is 18.2 Å². The van der Waals surface area contributed by atoms with Crippen molar-refractivity contribution < 1.29 is 4.74 Å². The van der Waals surface area contributed by atoms with Crippen LogP contribution in [0.1, 0.15) is 17.5 Å². The van der Waals surface area contributed by atoms with Crippen molar-refractivity contribution >= 4 is 0 Å². The normalized spacial score (nSPS) is 19.5. The van der Waals surface area contributed by atoms with Gasteiger partial charge in [0.2, 0.25) is 0 Å². The summed E-state index contributed by atoms with van der Waals surface area (Å²) in [7, 11) is 1.73. The van der Waals surface area contributed by atoms with Gasteiger partial charge in [-0.25, -0.2) is 0 Å².